The topological polar surface area (TPSA) is 41.6 Å². The summed E-state index contributed by atoms with van der Waals surface area (Å²) in [5.74, 6) is -0.549. The number of carbonyl (C=O) groups is 1. The smallest absolute Gasteiger partial charge is 0.401 e. The van der Waals surface area contributed by atoms with Crippen molar-refractivity contribution in [2.75, 3.05) is 33.8 Å². The van der Waals surface area contributed by atoms with E-state index >= 15 is 0 Å². The van der Waals surface area contributed by atoms with E-state index in [1.165, 1.54) is 14.2 Å². The molecule has 17 heavy (non-hydrogen) atoms. The van der Waals surface area contributed by atoms with Crippen molar-refractivity contribution >= 4 is 5.97 Å². The van der Waals surface area contributed by atoms with E-state index in [1.54, 1.807) is 0 Å². The molecule has 0 radical (unpaired) electrons. The van der Waals surface area contributed by atoms with Crippen LogP contribution in [0.4, 0.5) is 13.2 Å². The maximum absolute atomic E-state index is 12.1. The van der Waals surface area contributed by atoms with Crippen molar-refractivity contribution in [1.82, 2.24) is 10.2 Å². The summed E-state index contributed by atoms with van der Waals surface area (Å²) in [6, 6.07) is -0.729. The Kier molecular flexibility index (Phi) is 7.13. The molecule has 0 aromatic heterocycles. The van der Waals surface area contributed by atoms with Crippen LogP contribution in [0.15, 0.2) is 0 Å². The molecule has 1 N–H and O–H groups in total. The maximum Gasteiger partial charge on any atom is 0.401 e. The van der Waals surface area contributed by atoms with Crippen LogP contribution < -0.4 is 5.32 Å². The lowest BCUT2D eigenvalue weighted by atomic mass is 10.2. The number of esters is 1. The Balaban J connectivity index is 4.26. The number of rotatable bonds is 7. The highest BCUT2D eigenvalue weighted by Crippen LogP contribution is 2.15. The minimum atomic E-state index is -4.26. The summed E-state index contributed by atoms with van der Waals surface area (Å²) in [4.78, 5) is 12.4. The van der Waals surface area contributed by atoms with E-state index in [-0.39, 0.29) is 6.54 Å². The number of alkyl halides is 3. The molecule has 0 amide bonds. The molecule has 0 aromatic rings. The molecule has 0 fully saturated rings. The van der Waals surface area contributed by atoms with Crippen LogP contribution in [0.5, 0.6) is 0 Å². The average molecular weight is 256 g/mol. The largest absolute Gasteiger partial charge is 0.468 e. The van der Waals surface area contributed by atoms with Crippen molar-refractivity contribution in [3.63, 3.8) is 0 Å². The lowest BCUT2D eigenvalue weighted by Crippen LogP contribution is -2.47. The number of nitrogens with one attached hydrogen (secondary N) is 1. The van der Waals surface area contributed by atoms with Gasteiger partial charge < -0.3 is 10.1 Å². The second-order valence-electron chi connectivity index (χ2n) is 3.84. The average Bonchev–Trinajstić information content (AvgIpc) is 2.20. The normalized spacial score (nSPS) is 13.8. The molecule has 0 saturated heterocycles. The predicted molar refractivity (Wildman–Crippen MR) is 57.6 cm³/mol. The number of nitrogens with zero attached hydrogens (tertiary/aromatic N) is 1. The van der Waals surface area contributed by atoms with Crippen molar-refractivity contribution in [1.29, 1.82) is 0 Å². The van der Waals surface area contributed by atoms with Gasteiger partial charge in [0.25, 0.3) is 0 Å². The number of hydrogen-bond donors (Lipinski definition) is 1. The van der Waals surface area contributed by atoms with Gasteiger partial charge in [-0.15, -0.1) is 0 Å². The Morgan fingerprint density at radius 3 is 2.47 bits per heavy atom. The van der Waals surface area contributed by atoms with Crippen molar-refractivity contribution in [3.8, 4) is 0 Å². The summed E-state index contributed by atoms with van der Waals surface area (Å²) in [5.41, 5.74) is 0. The first-order chi connectivity index (χ1) is 7.80. The van der Waals surface area contributed by atoms with Gasteiger partial charge in [0, 0.05) is 6.54 Å². The Morgan fingerprint density at radius 2 is 2.06 bits per heavy atom. The first-order valence-electron chi connectivity index (χ1n) is 5.36. The molecular weight excluding hydrogens is 237 g/mol. The van der Waals surface area contributed by atoms with E-state index in [4.69, 9.17) is 0 Å². The molecule has 102 valence electrons. The third-order valence-electron chi connectivity index (χ3n) is 2.07. The third-order valence-corrected chi connectivity index (χ3v) is 2.07. The van der Waals surface area contributed by atoms with Gasteiger partial charge in [-0.3, -0.25) is 9.69 Å². The van der Waals surface area contributed by atoms with E-state index in [0.717, 1.165) is 11.3 Å². The fourth-order valence-corrected chi connectivity index (χ4v) is 1.37. The third kappa shape index (κ3) is 7.98. The van der Waals surface area contributed by atoms with Crippen LogP contribution in [-0.4, -0.2) is 56.9 Å². The molecular formula is C10H19F3N2O2. The zero-order chi connectivity index (χ0) is 13.5. The summed E-state index contributed by atoms with van der Waals surface area (Å²) in [6.07, 6.45) is -3.48. The lowest BCUT2D eigenvalue weighted by molar-refractivity contribution is -0.151. The summed E-state index contributed by atoms with van der Waals surface area (Å²) < 4.78 is 40.9. The van der Waals surface area contributed by atoms with E-state index in [2.05, 4.69) is 10.1 Å². The van der Waals surface area contributed by atoms with E-state index in [9.17, 15) is 18.0 Å². The number of likely N-dealkylation sites (N-methyl/N-ethyl adjacent to an activating group) is 1. The Morgan fingerprint density at radius 1 is 1.47 bits per heavy atom. The molecule has 0 aliphatic heterocycles. The highest BCUT2D eigenvalue weighted by molar-refractivity contribution is 5.75. The SMILES string of the molecule is CCCNC(CN(C)CC(F)(F)F)C(=O)OC. The van der Waals surface area contributed by atoms with Gasteiger partial charge in [0.15, 0.2) is 0 Å². The summed E-state index contributed by atoms with van der Waals surface area (Å²) in [5, 5.41) is 2.85. The predicted octanol–water partition coefficient (Wildman–Crippen LogP) is 1.02. The van der Waals surface area contributed by atoms with Crippen molar-refractivity contribution in [3.05, 3.63) is 0 Å². The van der Waals surface area contributed by atoms with Crippen molar-refractivity contribution < 1.29 is 22.7 Å². The maximum atomic E-state index is 12.1. The minimum Gasteiger partial charge on any atom is -0.468 e. The Hall–Kier alpha value is -0.820. The fraction of sp³-hybridized carbons (Fsp3) is 0.900. The highest BCUT2D eigenvalue weighted by Gasteiger charge is 2.31. The summed E-state index contributed by atoms with van der Waals surface area (Å²) in [6.45, 7) is 1.38. The van der Waals surface area contributed by atoms with Crippen LogP contribution in [0.2, 0.25) is 0 Å². The van der Waals surface area contributed by atoms with Crippen LogP contribution in [0.3, 0.4) is 0 Å². The monoisotopic (exact) mass is 256 g/mol. The summed E-state index contributed by atoms with van der Waals surface area (Å²) >= 11 is 0. The van der Waals surface area contributed by atoms with E-state index < -0.39 is 24.7 Å². The molecule has 0 aromatic carbocycles. The summed E-state index contributed by atoms with van der Waals surface area (Å²) in [7, 11) is 2.53. The molecule has 0 spiro atoms. The highest BCUT2D eigenvalue weighted by atomic mass is 19.4. The van der Waals surface area contributed by atoms with Crippen molar-refractivity contribution in [2.45, 2.75) is 25.6 Å². The zero-order valence-corrected chi connectivity index (χ0v) is 10.3. The van der Waals surface area contributed by atoms with E-state index in [0.29, 0.717) is 6.54 Å². The molecule has 7 heteroatoms. The number of ether oxygens (including phenoxy) is 1. The van der Waals surface area contributed by atoms with Crippen molar-refractivity contribution in [2.24, 2.45) is 0 Å². The van der Waals surface area contributed by atoms with Gasteiger partial charge in [-0.05, 0) is 20.0 Å². The second-order valence-corrected chi connectivity index (χ2v) is 3.84. The number of hydrogen-bond acceptors (Lipinski definition) is 4. The molecule has 0 heterocycles. The first-order valence-corrected chi connectivity index (χ1v) is 5.36. The fourth-order valence-electron chi connectivity index (χ4n) is 1.37. The molecule has 4 nitrogen and oxygen atoms in total. The molecule has 1 unspecified atom stereocenters. The zero-order valence-electron chi connectivity index (χ0n) is 10.3. The number of carbonyl (C=O) groups excluding carboxylic acids is 1. The van der Waals surface area contributed by atoms with Gasteiger partial charge in [-0.1, -0.05) is 6.92 Å². The van der Waals surface area contributed by atoms with Gasteiger partial charge >= 0.3 is 12.1 Å². The second kappa shape index (κ2) is 7.50. The lowest BCUT2D eigenvalue weighted by Gasteiger charge is -2.24. The first kappa shape index (κ1) is 16.2. The van der Waals surface area contributed by atoms with Gasteiger partial charge in [0.2, 0.25) is 0 Å². The Bertz CT molecular complexity index is 234. The minimum absolute atomic E-state index is 0.0355. The molecule has 1 atom stereocenters. The van der Waals surface area contributed by atoms with Gasteiger partial charge in [0.1, 0.15) is 6.04 Å². The van der Waals surface area contributed by atoms with E-state index in [1.807, 2.05) is 6.92 Å². The molecule has 0 bridgehead atoms. The molecule has 0 aliphatic carbocycles. The molecule has 0 saturated carbocycles. The molecule has 0 aliphatic rings. The van der Waals surface area contributed by atoms with Gasteiger partial charge in [-0.25, -0.2) is 0 Å². The van der Waals surface area contributed by atoms with Crippen LogP contribution in [0.1, 0.15) is 13.3 Å². The van der Waals surface area contributed by atoms with Gasteiger partial charge in [-0.2, -0.15) is 13.2 Å². The quantitative estimate of drug-likeness (QED) is 0.691. The number of methoxy groups -OCH3 is 1. The van der Waals surface area contributed by atoms with Gasteiger partial charge in [0.05, 0.1) is 13.7 Å². The van der Waals surface area contributed by atoms with Crippen LogP contribution >= 0.6 is 0 Å². The Labute approximate surface area is 99.1 Å². The number of halogens is 3. The molecule has 0 rings (SSSR count). The van der Waals surface area contributed by atoms with Crippen LogP contribution in [0.25, 0.3) is 0 Å². The van der Waals surface area contributed by atoms with Crippen LogP contribution in [0, 0.1) is 0 Å². The van der Waals surface area contributed by atoms with Crippen LogP contribution in [-0.2, 0) is 9.53 Å². The standard InChI is InChI=1S/C10H19F3N2O2/c1-4-5-14-8(9(16)17-3)6-15(2)7-10(11,12)13/h8,14H,4-7H2,1-3H3.